The first kappa shape index (κ1) is 16.7. The highest BCUT2D eigenvalue weighted by Crippen LogP contribution is 2.36. The normalized spacial score (nSPS) is 31.4. The Labute approximate surface area is 126 Å². The van der Waals surface area contributed by atoms with E-state index < -0.39 is 21.4 Å². The van der Waals surface area contributed by atoms with Crippen molar-refractivity contribution in [1.29, 1.82) is 0 Å². The van der Waals surface area contributed by atoms with Crippen LogP contribution in [0.3, 0.4) is 0 Å². The summed E-state index contributed by atoms with van der Waals surface area (Å²) < 4.78 is 31.8. The Kier molecular flexibility index (Phi) is 5.27. The van der Waals surface area contributed by atoms with Crippen molar-refractivity contribution in [3.05, 3.63) is 0 Å². The topological polar surface area (TPSA) is 83.9 Å². The Morgan fingerprint density at radius 2 is 2.19 bits per heavy atom. The molecule has 2 aliphatic rings. The van der Waals surface area contributed by atoms with E-state index in [1.54, 1.807) is 0 Å². The smallest absolute Gasteiger partial charge is 0.310 e. The number of carboxylic acids is 1. The van der Waals surface area contributed by atoms with Crippen molar-refractivity contribution in [2.75, 3.05) is 25.4 Å². The third kappa shape index (κ3) is 3.76. The summed E-state index contributed by atoms with van der Waals surface area (Å²) in [6, 6.07) is 0. The van der Waals surface area contributed by atoms with E-state index in [2.05, 4.69) is 0 Å². The van der Waals surface area contributed by atoms with E-state index in [9.17, 15) is 18.3 Å². The number of piperidine rings is 1. The summed E-state index contributed by atoms with van der Waals surface area (Å²) in [5.41, 5.74) is -0.920. The molecule has 6 nitrogen and oxygen atoms in total. The monoisotopic (exact) mass is 319 g/mol. The summed E-state index contributed by atoms with van der Waals surface area (Å²) in [5, 5.41) is 9.54. The van der Waals surface area contributed by atoms with Gasteiger partial charge in [0, 0.05) is 19.7 Å². The Morgan fingerprint density at radius 3 is 2.76 bits per heavy atom. The van der Waals surface area contributed by atoms with Crippen molar-refractivity contribution in [3.8, 4) is 0 Å². The molecule has 2 rings (SSSR count). The van der Waals surface area contributed by atoms with E-state index in [0.717, 1.165) is 19.3 Å². The minimum Gasteiger partial charge on any atom is -0.481 e. The van der Waals surface area contributed by atoms with Gasteiger partial charge in [-0.25, -0.2) is 12.7 Å². The Bertz CT molecular complexity index is 468. The van der Waals surface area contributed by atoms with Gasteiger partial charge in [-0.3, -0.25) is 4.79 Å². The van der Waals surface area contributed by atoms with Crippen molar-refractivity contribution in [3.63, 3.8) is 0 Å². The molecule has 0 spiro atoms. The molecule has 2 heterocycles. The minimum absolute atomic E-state index is 0.0190. The molecule has 0 bridgehead atoms. The molecule has 2 atom stereocenters. The lowest BCUT2D eigenvalue weighted by Crippen LogP contribution is -2.51. The molecule has 0 amide bonds. The number of carboxylic acid groups (broad SMARTS) is 1. The van der Waals surface area contributed by atoms with Gasteiger partial charge in [-0.1, -0.05) is 13.3 Å². The summed E-state index contributed by atoms with van der Waals surface area (Å²) in [7, 11) is -3.44. The fourth-order valence-corrected chi connectivity index (χ4v) is 5.20. The molecule has 0 aromatic rings. The van der Waals surface area contributed by atoms with Crippen LogP contribution in [-0.4, -0.2) is 55.4 Å². The zero-order chi connectivity index (χ0) is 15.5. The van der Waals surface area contributed by atoms with Gasteiger partial charge < -0.3 is 9.84 Å². The third-order valence-electron chi connectivity index (χ3n) is 4.54. The zero-order valence-corrected chi connectivity index (χ0v) is 13.4. The Hall–Kier alpha value is -0.660. The Morgan fingerprint density at radius 1 is 1.43 bits per heavy atom. The molecule has 0 saturated carbocycles. The molecule has 21 heavy (non-hydrogen) atoms. The van der Waals surface area contributed by atoms with Gasteiger partial charge in [-0.15, -0.1) is 0 Å². The summed E-state index contributed by atoms with van der Waals surface area (Å²) in [5.74, 6) is -0.893. The molecule has 122 valence electrons. The molecule has 2 fully saturated rings. The second-order valence-corrected chi connectivity index (χ2v) is 8.20. The number of ether oxygens (including phenoxy) is 1. The van der Waals surface area contributed by atoms with Gasteiger partial charge in [0.15, 0.2) is 0 Å². The van der Waals surface area contributed by atoms with Crippen LogP contribution in [0.4, 0.5) is 0 Å². The van der Waals surface area contributed by atoms with Gasteiger partial charge in [0.25, 0.3) is 0 Å². The van der Waals surface area contributed by atoms with Crippen LogP contribution >= 0.6 is 0 Å². The highest BCUT2D eigenvalue weighted by Gasteiger charge is 2.45. The number of nitrogens with zero attached hydrogens (tertiary/aromatic N) is 1. The van der Waals surface area contributed by atoms with Crippen LogP contribution in [0.2, 0.25) is 0 Å². The largest absolute Gasteiger partial charge is 0.481 e. The highest BCUT2D eigenvalue weighted by molar-refractivity contribution is 7.89. The van der Waals surface area contributed by atoms with Crippen molar-refractivity contribution in [2.24, 2.45) is 5.41 Å². The van der Waals surface area contributed by atoms with E-state index in [4.69, 9.17) is 4.74 Å². The van der Waals surface area contributed by atoms with Gasteiger partial charge in [-0.05, 0) is 32.1 Å². The molecule has 2 aliphatic heterocycles. The number of rotatable bonds is 6. The fraction of sp³-hybridized carbons (Fsp3) is 0.929. The molecule has 0 aromatic carbocycles. The standard InChI is InChI=1S/C14H25NO5S/c1-2-6-14(13(16)17)7-4-8-15(11-14)21(18,19)10-12-5-3-9-20-12/h12H,2-11H2,1H3,(H,16,17). The van der Waals surface area contributed by atoms with Crippen LogP contribution < -0.4 is 0 Å². The molecule has 0 radical (unpaired) electrons. The zero-order valence-electron chi connectivity index (χ0n) is 12.6. The molecular formula is C14H25NO5S. The molecule has 1 N–H and O–H groups in total. The molecule has 2 unspecified atom stereocenters. The van der Waals surface area contributed by atoms with Crippen LogP contribution in [0, 0.1) is 5.41 Å². The first-order chi connectivity index (χ1) is 9.89. The number of carbonyl (C=O) groups is 1. The SMILES string of the molecule is CCCC1(C(=O)O)CCCN(S(=O)(=O)CC2CCCO2)C1. The number of hydrogen-bond acceptors (Lipinski definition) is 4. The lowest BCUT2D eigenvalue weighted by Gasteiger charge is -2.39. The van der Waals surface area contributed by atoms with E-state index in [1.165, 1.54) is 4.31 Å². The summed E-state index contributed by atoms with van der Waals surface area (Å²) in [6.45, 7) is 3.08. The number of hydrogen-bond donors (Lipinski definition) is 1. The quantitative estimate of drug-likeness (QED) is 0.801. The fourth-order valence-electron chi connectivity index (χ4n) is 3.41. The summed E-state index contributed by atoms with van der Waals surface area (Å²) >= 11 is 0. The van der Waals surface area contributed by atoms with Crippen LogP contribution in [0.25, 0.3) is 0 Å². The number of sulfonamides is 1. The molecule has 0 aromatic heterocycles. The average molecular weight is 319 g/mol. The summed E-state index contributed by atoms with van der Waals surface area (Å²) in [6.07, 6.45) is 3.86. The maximum absolute atomic E-state index is 12.5. The molecular weight excluding hydrogens is 294 g/mol. The van der Waals surface area contributed by atoms with Crippen LogP contribution in [0.5, 0.6) is 0 Å². The average Bonchev–Trinajstić information content (AvgIpc) is 2.91. The van der Waals surface area contributed by atoms with Crippen molar-refractivity contribution < 1.29 is 23.1 Å². The molecule has 2 saturated heterocycles. The Balaban J connectivity index is 2.09. The van der Waals surface area contributed by atoms with Gasteiger partial charge in [0.05, 0.1) is 17.3 Å². The second-order valence-electron chi connectivity index (χ2n) is 6.19. The summed E-state index contributed by atoms with van der Waals surface area (Å²) in [4.78, 5) is 11.6. The maximum Gasteiger partial charge on any atom is 0.310 e. The minimum atomic E-state index is -3.44. The second kappa shape index (κ2) is 6.62. The van der Waals surface area contributed by atoms with Crippen molar-refractivity contribution in [1.82, 2.24) is 4.31 Å². The maximum atomic E-state index is 12.5. The van der Waals surface area contributed by atoms with Crippen molar-refractivity contribution >= 4 is 16.0 Å². The number of aliphatic carboxylic acids is 1. The van der Waals surface area contributed by atoms with Crippen LogP contribution in [-0.2, 0) is 19.6 Å². The van der Waals surface area contributed by atoms with E-state index in [0.29, 0.717) is 32.4 Å². The predicted molar refractivity (Wildman–Crippen MR) is 78.5 cm³/mol. The van der Waals surface area contributed by atoms with Gasteiger partial charge in [-0.2, -0.15) is 0 Å². The molecule has 0 aliphatic carbocycles. The van der Waals surface area contributed by atoms with Crippen LogP contribution in [0.1, 0.15) is 45.4 Å². The lowest BCUT2D eigenvalue weighted by molar-refractivity contribution is -0.151. The molecule has 7 heteroatoms. The highest BCUT2D eigenvalue weighted by atomic mass is 32.2. The van der Waals surface area contributed by atoms with Gasteiger partial charge >= 0.3 is 5.97 Å². The van der Waals surface area contributed by atoms with E-state index in [-0.39, 0.29) is 18.4 Å². The predicted octanol–water partition coefficient (Wildman–Crippen LogP) is 1.46. The van der Waals surface area contributed by atoms with Crippen molar-refractivity contribution in [2.45, 2.75) is 51.6 Å². The van der Waals surface area contributed by atoms with E-state index >= 15 is 0 Å². The van der Waals surface area contributed by atoms with Gasteiger partial charge in [0.2, 0.25) is 10.0 Å². The lowest BCUT2D eigenvalue weighted by atomic mass is 9.77. The van der Waals surface area contributed by atoms with Gasteiger partial charge in [0.1, 0.15) is 0 Å². The first-order valence-corrected chi connectivity index (χ1v) is 9.33. The third-order valence-corrected chi connectivity index (χ3v) is 6.43. The first-order valence-electron chi connectivity index (χ1n) is 7.72. The van der Waals surface area contributed by atoms with E-state index in [1.807, 2.05) is 6.92 Å². The van der Waals surface area contributed by atoms with Crippen LogP contribution in [0.15, 0.2) is 0 Å².